The molecule has 0 unspecified atom stereocenters. The molecule has 0 spiro atoms. The van der Waals surface area contributed by atoms with Gasteiger partial charge in [0.05, 0.1) is 22.2 Å². The van der Waals surface area contributed by atoms with Gasteiger partial charge in [-0.15, -0.1) is 11.3 Å². The number of nitrogens with zero attached hydrogens (tertiary/aromatic N) is 1. The first-order valence-electron chi connectivity index (χ1n) is 6.95. The van der Waals surface area contributed by atoms with Crippen LogP contribution in [0.25, 0.3) is 10.9 Å². The Morgan fingerprint density at radius 3 is 2.95 bits per heavy atom. The van der Waals surface area contributed by atoms with Crippen LogP contribution in [-0.4, -0.2) is 27.9 Å². The van der Waals surface area contributed by atoms with Gasteiger partial charge >= 0.3 is 0 Å². The quantitative estimate of drug-likeness (QED) is 0.711. The third kappa shape index (κ3) is 2.92. The van der Waals surface area contributed by atoms with Gasteiger partial charge in [-0.05, 0) is 24.4 Å². The average molecular weight is 313 g/mol. The monoisotopic (exact) mass is 313 g/mol. The van der Waals surface area contributed by atoms with Crippen LogP contribution >= 0.6 is 11.3 Å². The number of carbonyl (C=O) groups excluding carboxylic acids is 2. The maximum atomic E-state index is 12.4. The van der Waals surface area contributed by atoms with Gasteiger partial charge in [-0.3, -0.25) is 14.7 Å². The highest BCUT2D eigenvalue weighted by Gasteiger charge is 2.17. The van der Waals surface area contributed by atoms with Crippen molar-refractivity contribution in [3.63, 3.8) is 0 Å². The predicted molar refractivity (Wildman–Crippen MR) is 86.3 cm³/mol. The summed E-state index contributed by atoms with van der Waals surface area (Å²) >= 11 is 1.42. The molecule has 1 atom stereocenters. The van der Waals surface area contributed by atoms with Crippen LogP contribution in [0.5, 0.6) is 0 Å². The molecule has 3 aromatic rings. The lowest BCUT2D eigenvalue weighted by Gasteiger charge is -2.13. The second-order valence-corrected chi connectivity index (χ2v) is 6.07. The molecule has 1 amide bonds. The number of H-pyrrole nitrogens is 1. The summed E-state index contributed by atoms with van der Waals surface area (Å²) in [7, 11) is 0. The number of fused-ring (bicyclic) bond motifs is 1. The molecule has 0 bridgehead atoms. The molecular formula is C16H15N3O2S. The van der Waals surface area contributed by atoms with Gasteiger partial charge < -0.3 is 5.32 Å². The van der Waals surface area contributed by atoms with Gasteiger partial charge in [0, 0.05) is 17.8 Å². The highest BCUT2D eigenvalue weighted by Crippen LogP contribution is 2.16. The molecule has 0 aliphatic rings. The van der Waals surface area contributed by atoms with E-state index in [9.17, 15) is 9.59 Å². The number of benzene rings is 1. The third-order valence-electron chi connectivity index (χ3n) is 3.39. The van der Waals surface area contributed by atoms with Crippen LogP contribution in [0.1, 0.15) is 33.4 Å². The van der Waals surface area contributed by atoms with E-state index >= 15 is 0 Å². The summed E-state index contributed by atoms with van der Waals surface area (Å²) in [6.45, 7) is 1.83. The number of hydrogen-bond donors (Lipinski definition) is 2. The lowest BCUT2D eigenvalue weighted by Crippen LogP contribution is -2.34. The van der Waals surface area contributed by atoms with Gasteiger partial charge in [0.2, 0.25) is 0 Å². The second-order valence-electron chi connectivity index (χ2n) is 5.12. The molecule has 2 aromatic heterocycles. The molecule has 2 N–H and O–H groups in total. The van der Waals surface area contributed by atoms with Gasteiger partial charge in [0.1, 0.15) is 0 Å². The number of ketones is 1. The van der Waals surface area contributed by atoms with Crippen molar-refractivity contribution in [3.05, 3.63) is 52.3 Å². The Labute approximate surface area is 131 Å². The third-order valence-corrected chi connectivity index (χ3v) is 4.30. The van der Waals surface area contributed by atoms with E-state index in [1.807, 2.05) is 30.5 Å². The minimum absolute atomic E-state index is 0.0440. The van der Waals surface area contributed by atoms with E-state index in [2.05, 4.69) is 15.5 Å². The normalized spacial score (nSPS) is 12.2. The van der Waals surface area contributed by atoms with E-state index in [1.165, 1.54) is 11.3 Å². The zero-order valence-electron chi connectivity index (χ0n) is 12.0. The first kappa shape index (κ1) is 14.5. The van der Waals surface area contributed by atoms with Crippen molar-refractivity contribution in [2.24, 2.45) is 0 Å². The lowest BCUT2D eigenvalue weighted by atomic mass is 10.1. The molecule has 6 heteroatoms. The van der Waals surface area contributed by atoms with Crippen LogP contribution in [0, 0.1) is 0 Å². The summed E-state index contributed by atoms with van der Waals surface area (Å²) in [5.74, 6) is -0.163. The van der Waals surface area contributed by atoms with Crippen LogP contribution < -0.4 is 5.32 Å². The standard InChI is InChI=1S/C16H15N3O2S/c1-10(8-13(20)14-6-3-7-22-14)18-16(21)12-5-2-4-11-9-17-19-15(11)12/h2-7,9-10H,8H2,1H3,(H,17,19)(H,18,21)/t10-/m0/s1. The van der Waals surface area contributed by atoms with Gasteiger partial charge in [-0.25, -0.2) is 0 Å². The van der Waals surface area contributed by atoms with E-state index < -0.39 is 0 Å². The van der Waals surface area contributed by atoms with E-state index in [1.54, 1.807) is 18.3 Å². The summed E-state index contributed by atoms with van der Waals surface area (Å²) in [4.78, 5) is 25.1. The highest BCUT2D eigenvalue weighted by molar-refractivity contribution is 7.12. The number of thiophene rings is 1. The number of para-hydroxylation sites is 1. The summed E-state index contributed by atoms with van der Waals surface area (Å²) in [6.07, 6.45) is 1.96. The molecule has 0 saturated carbocycles. The smallest absolute Gasteiger partial charge is 0.253 e. The number of rotatable bonds is 5. The number of nitrogens with one attached hydrogen (secondary N) is 2. The van der Waals surface area contributed by atoms with Crippen molar-refractivity contribution in [3.8, 4) is 0 Å². The van der Waals surface area contributed by atoms with E-state index in [-0.39, 0.29) is 24.2 Å². The molecule has 22 heavy (non-hydrogen) atoms. The number of carbonyl (C=O) groups is 2. The zero-order valence-corrected chi connectivity index (χ0v) is 12.8. The van der Waals surface area contributed by atoms with E-state index in [0.29, 0.717) is 11.1 Å². The number of amides is 1. The van der Waals surface area contributed by atoms with E-state index in [4.69, 9.17) is 0 Å². The molecule has 3 rings (SSSR count). The highest BCUT2D eigenvalue weighted by atomic mass is 32.1. The molecular weight excluding hydrogens is 298 g/mol. The molecule has 0 aliphatic heterocycles. The number of aromatic amines is 1. The fraction of sp³-hybridized carbons (Fsp3) is 0.188. The second kappa shape index (κ2) is 6.11. The fourth-order valence-corrected chi connectivity index (χ4v) is 3.00. The molecule has 0 saturated heterocycles. The topological polar surface area (TPSA) is 74.8 Å². The minimum atomic E-state index is -0.236. The van der Waals surface area contributed by atoms with Crippen molar-refractivity contribution in [2.75, 3.05) is 0 Å². The van der Waals surface area contributed by atoms with Crippen molar-refractivity contribution < 1.29 is 9.59 Å². The molecule has 1 aromatic carbocycles. The van der Waals surface area contributed by atoms with Crippen molar-refractivity contribution in [2.45, 2.75) is 19.4 Å². The Morgan fingerprint density at radius 2 is 2.18 bits per heavy atom. The number of Topliss-reactive ketones (excluding diaryl/α,β-unsaturated/α-hetero) is 1. The Balaban J connectivity index is 1.69. The predicted octanol–water partition coefficient (Wildman–Crippen LogP) is 3.02. The number of aromatic nitrogens is 2. The average Bonchev–Trinajstić information content (AvgIpc) is 3.17. The molecule has 112 valence electrons. The first-order valence-corrected chi connectivity index (χ1v) is 7.83. The maximum Gasteiger partial charge on any atom is 0.253 e. The van der Waals surface area contributed by atoms with Gasteiger partial charge in [0.25, 0.3) is 5.91 Å². The Bertz CT molecular complexity index is 808. The van der Waals surface area contributed by atoms with Crippen LogP contribution in [0.15, 0.2) is 41.9 Å². The van der Waals surface area contributed by atoms with Gasteiger partial charge in [-0.2, -0.15) is 5.10 Å². The Kier molecular flexibility index (Phi) is 4.02. The molecule has 5 nitrogen and oxygen atoms in total. The summed E-state index contributed by atoms with van der Waals surface area (Å²) in [6, 6.07) is 8.85. The molecule has 0 fully saturated rings. The summed E-state index contributed by atoms with van der Waals surface area (Å²) < 4.78 is 0. The van der Waals surface area contributed by atoms with Crippen molar-refractivity contribution >= 4 is 33.9 Å². The zero-order chi connectivity index (χ0) is 15.5. The number of hydrogen-bond acceptors (Lipinski definition) is 4. The van der Waals surface area contributed by atoms with Gasteiger partial charge in [0.15, 0.2) is 5.78 Å². The molecule has 0 aliphatic carbocycles. The lowest BCUT2D eigenvalue weighted by molar-refractivity contribution is 0.0920. The summed E-state index contributed by atoms with van der Waals surface area (Å²) in [5.41, 5.74) is 1.24. The summed E-state index contributed by atoms with van der Waals surface area (Å²) in [5, 5.41) is 12.4. The van der Waals surface area contributed by atoms with Gasteiger partial charge in [-0.1, -0.05) is 18.2 Å². The van der Waals surface area contributed by atoms with Crippen LogP contribution in [0.4, 0.5) is 0 Å². The largest absolute Gasteiger partial charge is 0.349 e. The van der Waals surface area contributed by atoms with Crippen molar-refractivity contribution in [1.29, 1.82) is 0 Å². The van der Waals surface area contributed by atoms with Crippen LogP contribution in [0.2, 0.25) is 0 Å². The maximum absolute atomic E-state index is 12.4. The first-order chi connectivity index (χ1) is 10.6. The van der Waals surface area contributed by atoms with E-state index in [0.717, 1.165) is 10.3 Å². The van der Waals surface area contributed by atoms with Crippen LogP contribution in [-0.2, 0) is 0 Å². The fourth-order valence-electron chi connectivity index (χ4n) is 2.33. The Hall–Kier alpha value is -2.47. The Morgan fingerprint density at radius 1 is 1.32 bits per heavy atom. The molecule has 2 heterocycles. The minimum Gasteiger partial charge on any atom is -0.349 e. The SMILES string of the molecule is C[C@@H](CC(=O)c1cccs1)NC(=O)c1cccc2cn[nH]c12. The molecule has 0 radical (unpaired) electrons. The van der Waals surface area contributed by atoms with Crippen LogP contribution in [0.3, 0.4) is 0 Å². The van der Waals surface area contributed by atoms with Crippen molar-refractivity contribution in [1.82, 2.24) is 15.5 Å².